The van der Waals surface area contributed by atoms with E-state index in [1.165, 1.54) is 7.11 Å². The van der Waals surface area contributed by atoms with Gasteiger partial charge in [-0.1, -0.05) is 45.4 Å². The zero-order valence-corrected chi connectivity index (χ0v) is 21.9. The van der Waals surface area contributed by atoms with Crippen LogP contribution in [-0.4, -0.2) is 37.3 Å². The molecule has 2 N–H and O–H groups in total. The predicted octanol–water partition coefficient (Wildman–Crippen LogP) is 4.61. The normalized spacial score (nSPS) is 17.3. The number of nitrogens with zero attached hydrogens (tertiary/aromatic N) is 1. The van der Waals surface area contributed by atoms with Crippen LogP contribution in [0.25, 0.3) is 0 Å². The van der Waals surface area contributed by atoms with E-state index >= 15 is 0 Å². The van der Waals surface area contributed by atoms with Crippen molar-refractivity contribution in [1.82, 2.24) is 5.32 Å². The summed E-state index contributed by atoms with van der Waals surface area (Å²) in [4.78, 5) is 37.9. The van der Waals surface area contributed by atoms with Gasteiger partial charge in [-0.2, -0.15) is 5.26 Å². The van der Waals surface area contributed by atoms with E-state index in [2.05, 4.69) is 32.6 Å². The van der Waals surface area contributed by atoms with Crippen LogP contribution in [0, 0.1) is 17.2 Å². The molecule has 11 heteroatoms. The summed E-state index contributed by atoms with van der Waals surface area (Å²) >= 11 is 10.7. The van der Waals surface area contributed by atoms with Crippen molar-refractivity contribution in [3.63, 3.8) is 0 Å². The molecule has 0 aromatic heterocycles. The maximum Gasteiger partial charge on any atom is 0.319 e. The highest BCUT2D eigenvalue weighted by molar-refractivity contribution is 9.10. The van der Waals surface area contributed by atoms with Gasteiger partial charge >= 0.3 is 5.97 Å². The molecule has 3 rings (SSSR count). The van der Waals surface area contributed by atoms with Crippen LogP contribution in [0.5, 0.6) is 5.75 Å². The largest absolute Gasteiger partial charge is 0.492 e. The Morgan fingerprint density at radius 1 is 1.26 bits per heavy atom. The molecule has 2 atom stereocenters. The van der Waals surface area contributed by atoms with Gasteiger partial charge in [0, 0.05) is 16.1 Å². The monoisotopic (exact) mass is 577 g/mol. The summed E-state index contributed by atoms with van der Waals surface area (Å²) in [6.45, 7) is 2.22. The number of hydrogen-bond acceptors (Lipinski definition) is 7. The third-order valence-corrected chi connectivity index (χ3v) is 6.92. The molecule has 0 aliphatic carbocycles. The van der Waals surface area contributed by atoms with Gasteiger partial charge in [-0.25, -0.2) is 0 Å². The van der Waals surface area contributed by atoms with E-state index < -0.39 is 23.7 Å². The number of thioether (sulfide) groups is 1. The number of nitrogens with one attached hydrogen (secondary N) is 2. The second kappa shape index (κ2) is 12.1. The van der Waals surface area contributed by atoms with Gasteiger partial charge in [0.05, 0.1) is 41.2 Å². The second-order valence-corrected chi connectivity index (χ2v) is 9.60. The molecule has 0 fully saturated rings. The minimum absolute atomic E-state index is 0.0729. The van der Waals surface area contributed by atoms with Crippen LogP contribution in [0.2, 0.25) is 5.02 Å². The number of nitriles is 1. The maximum absolute atomic E-state index is 12.9. The summed E-state index contributed by atoms with van der Waals surface area (Å²) in [5, 5.41) is 15.8. The smallest absolute Gasteiger partial charge is 0.319 e. The number of ether oxygens (including phenoxy) is 2. The second-order valence-electron chi connectivity index (χ2n) is 7.29. The number of anilines is 1. The summed E-state index contributed by atoms with van der Waals surface area (Å²) in [6, 6.07) is 14.0. The average Bonchev–Trinajstić information content (AvgIpc) is 2.84. The number of allylic oxidation sites excluding steroid dienone is 1. The first-order chi connectivity index (χ1) is 16.8. The van der Waals surface area contributed by atoms with Crippen molar-refractivity contribution in [2.45, 2.75) is 12.8 Å². The maximum atomic E-state index is 12.9. The van der Waals surface area contributed by atoms with Crippen molar-refractivity contribution < 1.29 is 23.9 Å². The van der Waals surface area contributed by atoms with Crippen LogP contribution in [0.15, 0.2) is 57.5 Å². The fourth-order valence-electron chi connectivity index (χ4n) is 3.53. The van der Waals surface area contributed by atoms with Crippen LogP contribution in [0.3, 0.4) is 0 Å². The van der Waals surface area contributed by atoms with E-state index in [1.807, 2.05) is 6.92 Å². The van der Waals surface area contributed by atoms with E-state index in [0.717, 1.165) is 16.2 Å². The van der Waals surface area contributed by atoms with Crippen molar-refractivity contribution in [1.29, 1.82) is 5.26 Å². The van der Waals surface area contributed by atoms with Gasteiger partial charge < -0.3 is 20.1 Å². The molecule has 0 bridgehead atoms. The average molecular weight is 579 g/mol. The number of halogens is 2. The summed E-state index contributed by atoms with van der Waals surface area (Å²) in [5.41, 5.74) is 1.20. The van der Waals surface area contributed by atoms with Crippen LogP contribution in [0.4, 0.5) is 5.69 Å². The van der Waals surface area contributed by atoms with E-state index in [0.29, 0.717) is 23.6 Å². The molecule has 0 saturated carbocycles. The summed E-state index contributed by atoms with van der Waals surface area (Å²) in [7, 11) is 1.17. The molecule has 2 amide bonds. The van der Waals surface area contributed by atoms with Crippen LogP contribution in [0.1, 0.15) is 18.4 Å². The minimum atomic E-state index is -1.30. The Bertz CT molecular complexity index is 1210. The number of carbonyl (C=O) groups is 3. The molecular formula is C24H21BrClN3O5S. The van der Waals surface area contributed by atoms with Gasteiger partial charge in [0.2, 0.25) is 11.8 Å². The Morgan fingerprint density at radius 2 is 1.97 bits per heavy atom. The van der Waals surface area contributed by atoms with Gasteiger partial charge in [-0.15, -0.1) is 0 Å². The zero-order chi connectivity index (χ0) is 25.5. The van der Waals surface area contributed by atoms with E-state index in [9.17, 15) is 19.6 Å². The van der Waals surface area contributed by atoms with Crippen molar-refractivity contribution in [3.8, 4) is 11.8 Å². The van der Waals surface area contributed by atoms with Crippen LogP contribution in [-0.2, 0) is 19.1 Å². The molecule has 182 valence electrons. The van der Waals surface area contributed by atoms with Crippen molar-refractivity contribution in [2.24, 2.45) is 5.92 Å². The summed E-state index contributed by atoms with van der Waals surface area (Å²) in [6.07, 6.45) is 0. The molecule has 1 heterocycles. The third-order valence-electron chi connectivity index (χ3n) is 5.07. The highest BCUT2D eigenvalue weighted by atomic mass is 79.9. The summed E-state index contributed by atoms with van der Waals surface area (Å²) in [5.74, 6) is -3.64. The lowest BCUT2D eigenvalue weighted by atomic mass is 9.78. The summed E-state index contributed by atoms with van der Waals surface area (Å²) < 4.78 is 11.2. The first-order valence-electron chi connectivity index (χ1n) is 10.4. The van der Waals surface area contributed by atoms with Crippen LogP contribution < -0.4 is 15.4 Å². The Balaban J connectivity index is 1.92. The Kier molecular flexibility index (Phi) is 9.20. The molecule has 1 aliphatic heterocycles. The molecule has 0 spiro atoms. The third kappa shape index (κ3) is 6.36. The molecule has 1 aliphatic rings. The minimum Gasteiger partial charge on any atom is -0.492 e. The number of rotatable bonds is 8. The lowest BCUT2D eigenvalue weighted by Crippen LogP contribution is -2.44. The Labute approximate surface area is 220 Å². The highest BCUT2D eigenvalue weighted by Gasteiger charge is 2.44. The Morgan fingerprint density at radius 3 is 2.57 bits per heavy atom. The number of esters is 1. The molecule has 2 aromatic rings. The highest BCUT2D eigenvalue weighted by Crippen LogP contribution is 2.42. The van der Waals surface area contributed by atoms with Gasteiger partial charge in [0.25, 0.3) is 0 Å². The lowest BCUT2D eigenvalue weighted by Gasteiger charge is -2.31. The van der Waals surface area contributed by atoms with Gasteiger partial charge in [-0.05, 0) is 48.9 Å². The molecular weight excluding hydrogens is 558 g/mol. The van der Waals surface area contributed by atoms with Gasteiger partial charge in [-0.3, -0.25) is 14.4 Å². The lowest BCUT2D eigenvalue weighted by molar-refractivity contribution is -0.150. The zero-order valence-electron chi connectivity index (χ0n) is 18.8. The number of hydrogen-bond donors (Lipinski definition) is 2. The van der Waals surface area contributed by atoms with E-state index in [-0.39, 0.29) is 27.3 Å². The van der Waals surface area contributed by atoms with E-state index in [4.69, 9.17) is 21.1 Å². The van der Waals surface area contributed by atoms with Gasteiger partial charge in [0.15, 0.2) is 0 Å². The molecule has 0 saturated heterocycles. The van der Waals surface area contributed by atoms with Crippen LogP contribution >= 0.6 is 39.3 Å². The number of amides is 2. The van der Waals surface area contributed by atoms with Crippen molar-refractivity contribution in [3.05, 3.63) is 68.1 Å². The topological polar surface area (TPSA) is 118 Å². The number of carbonyl (C=O) groups excluding carboxylic acids is 3. The first-order valence-corrected chi connectivity index (χ1v) is 12.6. The van der Waals surface area contributed by atoms with E-state index in [1.54, 1.807) is 42.5 Å². The quantitative estimate of drug-likeness (QED) is 0.347. The number of benzene rings is 2. The van der Waals surface area contributed by atoms with Crippen molar-refractivity contribution >= 4 is 62.8 Å². The molecule has 0 unspecified atom stereocenters. The Hall–Kier alpha value is -3.00. The molecule has 35 heavy (non-hydrogen) atoms. The standard InChI is InChI=1S/C24H21BrClN3O5S/c1-3-34-18-9-4-13(10-17(18)26)20-16(11-27)23(29-22(31)21(20)24(32)33-2)35-12-19(30)28-15-7-5-14(25)6-8-15/h4-10,20-21H,3,12H2,1-2H3,(H,28,30)(H,29,31)/t20-,21+/m0/s1. The predicted molar refractivity (Wildman–Crippen MR) is 137 cm³/mol. The number of methoxy groups -OCH3 is 1. The van der Waals surface area contributed by atoms with Gasteiger partial charge in [0.1, 0.15) is 11.7 Å². The van der Waals surface area contributed by atoms with Crippen molar-refractivity contribution in [2.75, 3.05) is 24.8 Å². The molecule has 8 nitrogen and oxygen atoms in total. The molecule has 0 radical (unpaired) electrons. The fourth-order valence-corrected chi connectivity index (χ4v) is 4.89. The SMILES string of the molecule is CCOc1ccc([C@H]2C(C#N)=C(SCC(=O)Nc3ccc(Br)cc3)NC(=O)[C@@H]2C(=O)OC)cc1Cl. The molecule has 2 aromatic carbocycles. The fraction of sp³-hybridized carbons (Fsp3) is 0.250. The first kappa shape index (κ1) is 26.6.